The van der Waals surface area contributed by atoms with E-state index in [0.717, 1.165) is 16.8 Å². The zero-order chi connectivity index (χ0) is 10.1. The molecule has 1 radical (unpaired) electrons. The number of hydrogen-bond acceptors (Lipinski definition) is 3. The number of rotatable bonds is 1. The predicted octanol–water partition coefficient (Wildman–Crippen LogP) is 3.16. The highest BCUT2D eigenvalue weighted by Crippen LogP contribution is 2.21. The monoisotopic (exact) mass is 211 g/mol. The minimum Gasteiger partial charge on any atom is -0.254 e. The maximum Gasteiger partial charge on any atom is 0.152 e. The van der Waals surface area contributed by atoms with E-state index in [1.807, 2.05) is 23.7 Å². The summed E-state index contributed by atoms with van der Waals surface area (Å²) < 4.78 is 0. The molecular formula is C12H7N2S. The summed E-state index contributed by atoms with van der Waals surface area (Å²) >= 11 is 1.46. The first-order valence-electron chi connectivity index (χ1n) is 4.60. The second kappa shape index (κ2) is 3.44. The molecule has 2 nitrogen and oxygen atoms in total. The average molecular weight is 211 g/mol. The Hall–Kier alpha value is -1.74. The maximum absolute atomic E-state index is 4.37. The zero-order valence-corrected chi connectivity index (χ0v) is 8.66. The standard InChI is InChI=1S/C12H7N2S/c1-2-4-10-6-13-11(5-9(10)3-1)12-7-15-8-14-12/h1-7H. The van der Waals surface area contributed by atoms with Gasteiger partial charge in [-0.3, -0.25) is 4.98 Å². The Morgan fingerprint density at radius 2 is 1.93 bits per heavy atom. The Morgan fingerprint density at radius 3 is 2.73 bits per heavy atom. The first kappa shape index (κ1) is 8.56. The van der Waals surface area contributed by atoms with Crippen molar-refractivity contribution >= 4 is 22.1 Å². The number of benzene rings is 1. The van der Waals surface area contributed by atoms with Crippen LogP contribution in [0.3, 0.4) is 0 Å². The van der Waals surface area contributed by atoms with Crippen LogP contribution in [0.5, 0.6) is 0 Å². The summed E-state index contributed by atoms with van der Waals surface area (Å²) in [5.41, 5.74) is 4.63. The van der Waals surface area contributed by atoms with Gasteiger partial charge in [0, 0.05) is 17.0 Å². The summed E-state index contributed by atoms with van der Waals surface area (Å²) in [6.45, 7) is 0. The van der Waals surface area contributed by atoms with Crippen molar-refractivity contribution in [2.75, 3.05) is 0 Å². The van der Waals surface area contributed by atoms with Gasteiger partial charge in [0.05, 0.1) is 5.69 Å². The number of hydrogen-bond donors (Lipinski definition) is 0. The summed E-state index contributed by atoms with van der Waals surface area (Å²) in [5, 5.41) is 4.30. The van der Waals surface area contributed by atoms with E-state index < -0.39 is 0 Å². The smallest absolute Gasteiger partial charge is 0.152 e. The number of aromatic nitrogens is 2. The van der Waals surface area contributed by atoms with Gasteiger partial charge in [-0.25, -0.2) is 4.98 Å². The molecule has 0 unspecified atom stereocenters. The van der Waals surface area contributed by atoms with E-state index in [4.69, 9.17) is 0 Å². The Bertz CT molecular complexity index is 587. The molecule has 0 spiro atoms. The van der Waals surface area contributed by atoms with Gasteiger partial charge in [-0.2, -0.15) is 0 Å². The minimum absolute atomic E-state index is 0.894. The fourth-order valence-corrected chi connectivity index (χ4v) is 2.01. The Morgan fingerprint density at radius 1 is 1.07 bits per heavy atom. The molecule has 0 amide bonds. The summed E-state index contributed by atoms with van der Waals surface area (Å²) in [5.74, 6) is 0. The van der Waals surface area contributed by atoms with Crippen LogP contribution in [0.25, 0.3) is 22.2 Å². The van der Waals surface area contributed by atoms with Crippen LogP contribution in [0, 0.1) is 5.51 Å². The SMILES string of the molecule is [c]1nc(-c2cc3ccccc3cn2)cs1. The maximum atomic E-state index is 4.37. The van der Waals surface area contributed by atoms with Crippen molar-refractivity contribution in [2.45, 2.75) is 0 Å². The topological polar surface area (TPSA) is 25.8 Å². The molecule has 3 aromatic rings. The van der Waals surface area contributed by atoms with Gasteiger partial charge in [0.15, 0.2) is 5.51 Å². The van der Waals surface area contributed by atoms with E-state index in [1.54, 1.807) is 0 Å². The summed E-state index contributed by atoms with van der Waals surface area (Å²) in [4.78, 5) is 8.50. The molecule has 0 fully saturated rings. The molecule has 2 heterocycles. The highest BCUT2D eigenvalue weighted by Gasteiger charge is 2.02. The molecule has 0 N–H and O–H groups in total. The zero-order valence-electron chi connectivity index (χ0n) is 7.84. The van der Waals surface area contributed by atoms with E-state index >= 15 is 0 Å². The number of pyridine rings is 1. The first-order chi connectivity index (χ1) is 7.43. The molecule has 0 aliphatic carbocycles. The molecule has 0 saturated carbocycles. The van der Waals surface area contributed by atoms with Crippen LogP contribution >= 0.6 is 11.3 Å². The van der Waals surface area contributed by atoms with Gasteiger partial charge in [0.1, 0.15) is 5.69 Å². The van der Waals surface area contributed by atoms with Gasteiger partial charge in [0.2, 0.25) is 0 Å². The van der Waals surface area contributed by atoms with Crippen LogP contribution < -0.4 is 0 Å². The van der Waals surface area contributed by atoms with Crippen molar-refractivity contribution in [1.29, 1.82) is 0 Å². The molecule has 0 bridgehead atoms. The lowest BCUT2D eigenvalue weighted by molar-refractivity contribution is 1.30. The largest absolute Gasteiger partial charge is 0.254 e. The molecule has 0 aliphatic heterocycles. The summed E-state index contributed by atoms with van der Waals surface area (Å²) in [6, 6.07) is 10.2. The molecule has 2 aromatic heterocycles. The molecule has 1 aromatic carbocycles. The van der Waals surface area contributed by atoms with Gasteiger partial charge in [0.25, 0.3) is 0 Å². The van der Waals surface area contributed by atoms with E-state index in [-0.39, 0.29) is 0 Å². The molecule has 0 aliphatic rings. The van der Waals surface area contributed by atoms with Gasteiger partial charge in [-0.1, -0.05) is 24.3 Å². The number of fused-ring (bicyclic) bond motifs is 1. The van der Waals surface area contributed by atoms with E-state index in [1.165, 1.54) is 16.7 Å². The van der Waals surface area contributed by atoms with E-state index in [2.05, 4.69) is 33.7 Å². The normalized spacial score (nSPS) is 10.7. The van der Waals surface area contributed by atoms with Gasteiger partial charge in [-0.15, -0.1) is 11.3 Å². The van der Waals surface area contributed by atoms with Crippen molar-refractivity contribution in [3.05, 3.63) is 47.4 Å². The molecule has 15 heavy (non-hydrogen) atoms. The predicted molar refractivity (Wildman–Crippen MR) is 61.7 cm³/mol. The molecule has 0 atom stereocenters. The van der Waals surface area contributed by atoms with Crippen molar-refractivity contribution in [3.8, 4) is 11.4 Å². The number of thiazole rings is 1. The lowest BCUT2D eigenvalue weighted by Crippen LogP contribution is -1.83. The van der Waals surface area contributed by atoms with Crippen molar-refractivity contribution in [3.63, 3.8) is 0 Å². The van der Waals surface area contributed by atoms with Crippen molar-refractivity contribution < 1.29 is 0 Å². The fraction of sp³-hybridized carbons (Fsp3) is 0. The minimum atomic E-state index is 0.894. The van der Waals surface area contributed by atoms with Crippen LogP contribution in [-0.2, 0) is 0 Å². The molecular weight excluding hydrogens is 204 g/mol. The van der Waals surface area contributed by atoms with Crippen molar-refractivity contribution in [1.82, 2.24) is 9.97 Å². The van der Waals surface area contributed by atoms with E-state index in [0.29, 0.717) is 0 Å². The van der Waals surface area contributed by atoms with Gasteiger partial charge in [-0.05, 0) is 11.5 Å². The lowest BCUT2D eigenvalue weighted by atomic mass is 10.1. The van der Waals surface area contributed by atoms with Crippen LogP contribution in [0.4, 0.5) is 0 Å². The van der Waals surface area contributed by atoms with E-state index in [9.17, 15) is 0 Å². The van der Waals surface area contributed by atoms with Crippen LogP contribution in [0.2, 0.25) is 0 Å². The van der Waals surface area contributed by atoms with Gasteiger partial charge < -0.3 is 0 Å². The highest BCUT2D eigenvalue weighted by atomic mass is 32.1. The Labute approximate surface area is 91.2 Å². The van der Waals surface area contributed by atoms with Crippen LogP contribution in [0.15, 0.2) is 41.9 Å². The first-order valence-corrected chi connectivity index (χ1v) is 5.48. The molecule has 3 rings (SSSR count). The van der Waals surface area contributed by atoms with Gasteiger partial charge >= 0.3 is 0 Å². The summed E-state index contributed by atoms with van der Waals surface area (Å²) in [6.07, 6.45) is 1.88. The molecule has 3 heteroatoms. The second-order valence-corrected chi connectivity index (χ2v) is 3.89. The van der Waals surface area contributed by atoms with Crippen LogP contribution in [0.1, 0.15) is 0 Å². The lowest BCUT2D eigenvalue weighted by Gasteiger charge is -1.99. The highest BCUT2D eigenvalue weighted by molar-refractivity contribution is 7.07. The molecule has 71 valence electrons. The Kier molecular flexibility index (Phi) is 1.96. The van der Waals surface area contributed by atoms with Crippen LogP contribution in [-0.4, -0.2) is 9.97 Å². The fourth-order valence-electron chi connectivity index (χ4n) is 1.53. The third-order valence-electron chi connectivity index (χ3n) is 2.28. The second-order valence-electron chi connectivity index (χ2n) is 3.24. The molecule has 0 saturated heterocycles. The van der Waals surface area contributed by atoms with Crippen molar-refractivity contribution in [2.24, 2.45) is 0 Å². The summed E-state index contributed by atoms with van der Waals surface area (Å²) in [7, 11) is 0. The Balaban J connectivity index is 2.22. The quantitative estimate of drug-likeness (QED) is 0.618. The third kappa shape index (κ3) is 1.51. The number of nitrogens with zero attached hydrogens (tertiary/aromatic N) is 2. The third-order valence-corrected chi connectivity index (χ3v) is 2.82. The average Bonchev–Trinajstić information content (AvgIpc) is 2.82.